The number of carbonyl (C=O) groups is 1. The molecule has 24 heavy (non-hydrogen) atoms. The Hall–Kier alpha value is -2.75. The van der Waals surface area contributed by atoms with E-state index in [4.69, 9.17) is 4.74 Å². The van der Waals surface area contributed by atoms with Gasteiger partial charge in [0.1, 0.15) is 5.75 Å². The van der Waals surface area contributed by atoms with Crippen LogP contribution in [0.15, 0.2) is 54.6 Å². The summed E-state index contributed by atoms with van der Waals surface area (Å²) in [5.41, 5.74) is 3.36. The van der Waals surface area contributed by atoms with Crippen molar-refractivity contribution in [3.63, 3.8) is 0 Å². The number of aromatic carboxylic acids is 1. The van der Waals surface area contributed by atoms with E-state index in [9.17, 15) is 9.90 Å². The molecule has 0 radical (unpaired) electrons. The van der Waals surface area contributed by atoms with Gasteiger partial charge in [-0.15, -0.1) is 0 Å². The SMILES string of the molecule is COc1ccccc1[C@@H]1Nc2ccc(C(=O)[O-])cc2[C@H]2C=CC[C@@H]21. The molecule has 4 rings (SSSR count). The maximum absolute atomic E-state index is 11.2. The third kappa shape index (κ3) is 2.26. The van der Waals surface area contributed by atoms with Gasteiger partial charge in [0.05, 0.1) is 19.1 Å². The molecule has 3 atom stereocenters. The van der Waals surface area contributed by atoms with Crippen LogP contribution in [0.4, 0.5) is 5.69 Å². The smallest absolute Gasteiger partial charge is 0.124 e. The number of allylic oxidation sites excluding steroid dienone is 2. The molecule has 0 unspecified atom stereocenters. The Morgan fingerprint density at radius 1 is 1.21 bits per heavy atom. The van der Waals surface area contributed by atoms with Crippen LogP contribution in [-0.2, 0) is 0 Å². The number of ether oxygens (including phenoxy) is 1. The zero-order chi connectivity index (χ0) is 16.7. The first-order valence-corrected chi connectivity index (χ1v) is 8.10. The number of hydrogen-bond donors (Lipinski definition) is 1. The second-order valence-electron chi connectivity index (χ2n) is 6.31. The first kappa shape index (κ1) is 14.8. The van der Waals surface area contributed by atoms with Crippen LogP contribution >= 0.6 is 0 Å². The summed E-state index contributed by atoms with van der Waals surface area (Å²) in [6.07, 6.45) is 5.32. The third-order valence-electron chi connectivity index (χ3n) is 5.07. The van der Waals surface area contributed by atoms with E-state index in [0.717, 1.165) is 29.0 Å². The number of nitrogens with one attached hydrogen (secondary N) is 1. The third-order valence-corrected chi connectivity index (χ3v) is 5.07. The number of para-hydroxylation sites is 1. The number of carboxylic acids is 1. The van der Waals surface area contributed by atoms with E-state index < -0.39 is 5.97 Å². The molecule has 1 N–H and O–H groups in total. The van der Waals surface area contributed by atoms with Crippen LogP contribution in [0.2, 0.25) is 0 Å². The second-order valence-corrected chi connectivity index (χ2v) is 6.31. The Morgan fingerprint density at radius 3 is 2.83 bits per heavy atom. The molecule has 2 aromatic rings. The Balaban J connectivity index is 1.80. The van der Waals surface area contributed by atoms with Crippen molar-refractivity contribution >= 4 is 11.7 Å². The minimum atomic E-state index is -1.14. The molecule has 0 saturated heterocycles. The van der Waals surface area contributed by atoms with E-state index in [1.54, 1.807) is 19.2 Å². The molecule has 0 saturated carbocycles. The molecule has 0 amide bonds. The zero-order valence-electron chi connectivity index (χ0n) is 13.4. The summed E-state index contributed by atoms with van der Waals surface area (Å²) in [6, 6.07) is 13.4. The molecule has 1 aliphatic carbocycles. The van der Waals surface area contributed by atoms with Gasteiger partial charge in [-0.1, -0.05) is 36.4 Å². The number of carboxylic acid groups (broad SMARTS) is 1. The van der Waals surface area contributed by atoms with Crippen LogP contribution in [0.25, 0.3) is 0 Å². The number of anilines is 1. The van der Waals surface area contributed by atoms with Crippen LogP contribution in [-0.4, -0.2) is 13.1 Å². The van der Waals surface area contributed by atoms with Gasteiger partial charge in [0.25, 0.3) is 0 Å². The van der Waals surface area contributed by atoms with E-state index in [1.165, 1.54) is 0 Å². The predicted molar refractivity (Wildman–Crippen MR) is 90.1 cm³/mol. The number of methoxy groups -OCH3 is 1. The predicted octanol–water partition coefficient (Wildman–Crippen LogP) is 2.89. The highest BCUT2D eigenvalue weighted by Gasteiger charge is 2.38. The topological polar surface area (TPSA) is 61.4 Å². The maximum atomic E-state index is 11.2. The van der Waals surface area contributed by atoms with Crippen LogP contribution in [0.1, 0.15) is 39.9 Å². The number of rotatable bonds is 3. The molecule has 2 aromatic carbocycles. The minimum Gasteiger partial charge on any atom is -0.545 e. The van der Waals surface area contributed by atoms with E-state index in [2.05, 4.69) is 23.5 Å². The van der Waals surface area contributed by atoms with Gasteiger partial charge in [-0.2, -0.15) is 0 Å². The second kappa shape index (κ2) is 5.71. The number of carbonyl (C=O) groups excluding carboxylic acids is 1. The Kier molecular flexibility index (Phi) is 3.53. The lowest BCUT2D eigenvalue weighted by Gasteiger charge is -2.38. The monoisotopic (exact) mass is 320 g/mol. The van der Waals surface area contributed by atoms with Gasteiger partial charge in [-0.25, -0.2) is 0 Å². The highest BCUT2D eigenvalue weighted by atomic mass is 16.5. The summed E-state index contributed by atoms with van der Waals surface area (Å²) in [5, 5.41) is 14.8. The molecule has 1 aliphatic heterocycles. The van der Waals surface area contributed by atoms with Gasteiger partial charge < -0.3 is 20.0 Å². The van der Waals surface area contributed by atoms with Gasteiger partial charge in [0.15, 0.2) is 0 Å². The van der Waals surface area contributed by atoms with E-state index in [-0.39, 0.29) is 17.5 Å². The van der Waals surface area contributed by atoms with Gasteiger partial charge in [-0.3, -0.25) is 0 Å². The highest BCUT2D eigenvalue weighted by Crippen LogP contribution is 2.51. The molecule has 4 nitrogen and oxygen atoms in total. The average molecular weight is 320 g/mol. The van der Waals surface area contributed by atoms with Crippen molar-refractivity contribution < 1.29 is 14.6 Å². The summed E-state index contributed by atoms with van der Waals surface area (Å²) in [6.45, 7) is 0. The maximum Gasteiger partial charge on any atom is 0.124 e. The lowest BCUT2D eigenvalue weighted by Crippen LogP contribution is -2.30. The van der Waals surface area contributed by atoms with Crippen molar-refractivity contribution in [2.24, 2.45) is 5.92 Å². The molecule has 122 valence electrons. The van der Waals surface area contributed by atoms with Gasteiger partial charge in [0.2, 0.25) is 0 Å². The molecular weight excluding hydrogens is 302 g/mol. The standard InChI is InChI=1S/C20H19NO3/c1-24-18-8-3-2-5-15(18)19-14-7-4-6-13(14)16-11-12(20(22)23)9-10-17(16)21-19/h2-6,8-11,13-14,19,21H,7H2,1H3,(H,22,23)/p-1/t13-,14-,19+/m0/s1. The van der Waals surface area contributed by atoms with E-state index in [1.807, 2.05) is 24.3 Å². The fourth-order valence-corrected chi connectivity index (χ4v) is 3.95. The largest absolute Gasteiger partial charge is 0.545 e. The number of fused-ring (bicyclic) bond motifs is 3. The Morgan fingerprint density at radius 2 is 2.04 bits per heavy atom. The average Bonchev–Trinajstić information content (AvgIpc) is 3.10. The normalized spacial score (nSPS) is 24.0. The molecular formula is C20H18NO3-. The fourth-order valence-electron chi connectivity index (χ4n) is 3.95. The van der Waals surface area contributed by atoms with Crippen molar-refractivity contribution in [1.82, 2.24) is 0 Å². The summed E-state index contributed by atoms with van der Waals surface area (Å²) in [4.78, 5) is 11.2. The summed E-state index contributed by atoms with van der Waals surface area (Å²) >= 11 is 0. The lowest BCUT2D eigenvalue weighted by atomic mass is 9.76. The Labute approximate surface area is 140 Å². The van der Waals surface area contributed by atoms with Crippen molar-refractivity contribution in [3.05, 3.63) is 71.3 Å². The minimum absolute atomic E-state index is 0.127. The van der Waals surface area contributed by atoms with Gasteiger partial charge >= 0.3 is 0 Å². The first-order chi connectivity index (χ1) is 11.7. The zero-order valence-corrected chi connectivity index (χ0v) is 13.4. The lowest BCUT2D eigenvalue weighted by molar-refractivity contribution is -0.255. The van der Waals surface area contributed by atoms with Crippen molar-refractivity contribution in [3.8, 4) is 5.75 Å². The van der Waals surface area contributed by atoms with Crippen LogP contribution in [0, 0.1) is 5.92 Å². The van der Waals surface area contributed by atoms with Gasteiger partial charge in [0, 0.05) is 17.2 Å². The quantitative estimate of drug-likeness (QED) is 0.883. The van der Waals surface area contributed by atoms with Crippen LogP contribution < -0.4 is 15.2 Å². The molecule has 4 heteroatoms. The molecule has 0 bridgehead atoms. The van der Waals surface area contributed by atoms with Crippen molar-refractivity contribution in [2.75, 3.05) is 12.4 Å². The molecule has 1 heterocycles. The van der Waals surface area contributed by atoms with Crippen molar-refractivity contribution in [1.29, 1.82) is 0 Å². The molecule has 0 spiro atoms. The first-order valence-electron chi connectivity index (χ1n) is 8.10. The van der Waals surface area contributed by atoms with Gasteiger partial charge in [-0.05, 0) is 41.7 Å². The highest BCUT2D eigenvalue weighted by molar-refractivity contribution is 5.87. The molecule has 0 aromatic heterocycles. The molecule has 0 fully saturated rings. The van der Waals surface area contributed by atoms with Crippen LogP contribution in [0.3, 0.4) is 0 Å². The van der Waals surface area contributed by atoms with E-state index >= 15 is 0 Å². The van der Waals surface area contributed by atoms with Crippen LogP contribution in [0.5, 0.6) is 5.75 Å². The summed E-state index contributed by atoms with van der Waals surface area (Å²) in [7, 11) is 1.69. The summed E-state index contributed by atoms with van der Waals surface area (Å²) in [5.74, 6) is 0.278. The molecule has 2 aliphatic rings. The fraction of sp³-hybridized carbons (Fsp3) is 0.250. The number of hydrogen-bond acceptors (Lipinski definition) is 4. The Bertz CT molecular complexity index is 827. The number of benzene rings is 2. The van der Waals surface area contributed by atoms with E-state index in [0.29, 0.717) is 5.92 Å². The summed E-state index contributed by atoms with van der Waals surface area (Å²) < 4.78 is 5.54. The van der Waals surface area contributed by atoms with Crippen molar-refractivity contribution in [2.45, 2.75) is 18.4 Å².